The van der Waals surface area contributed by atoms with Crippen molar-refractivity contribution in [2.24, 2.45) is 0 Å². The van der Waals surface area contributed by atoms with Crippen molar-refractivity contribution < 1.29 is 8.42 Å². The topological polar surface area (TPSA) is 70.0 Å². The first-order valence-electron chi connectivity index (χ1n) is 4.77. The molecular formula is C10H10Cl2N2O2S. The van der Waals surface area contributed by atoms with E-state index in [1.807, 2.05) is 6.07 Å². The van der Waals surface area contributed by atoms with Crippen LogP contribution in [0.15, 0.2) is 23.1 Å². The van der Waals surface area contributed by atoms with E-state index < -0.39 is 16.1 Å². The minimum absolute atomic E-state index is 0.0645. The fourth-order valence-corrected chi connectivity index (χ4v) is 3.12. The average molecular weight is 293 g/mol. The van der Waals surface area contributed by atoms with Crippen molar-refractivity contribution in [3.8, 4) is 6.07 Å². The number of sulfonamides is 1. The number of nitriles is 1. The van der Waals surface area contributed by atoms with Gasteiger partial charge in [-0.25, -0.2) is 8.42 Å². The maximum absolute atomic E-state index is 11.9. The third kappa shape index (κ3) is 3.58. The van der Waals surface area contributed by atoms with Crippen LogP contribution in [0.5, 0.6) is 0 Å². The fraction of sp³-hybridized carbons (Fsp3) is 0.300. The lowest BCUT2D eigenvalue weighted by molar-refractivity contribution is 0.569. The molecule has 0 amide bonds. The van der Waals surface area contributed by atoms with Crippen molar-refractivity contribution in [1.29, 1.82) is 5.26 Å². The van der Waals surface area contributed by atoms with Gasteiger partial charge in [0.25, 0.3) is 0 Å². The van der Waals surface area contributed by atoms with Crippen LogP contribution in [-0.2, 0) is 10.0 Å². The molecule has 0 spiro atoms. The van der Waals surface area contributed by atoms with Gasteiger partial charge in [-0.15, -0.1) is 0 Å². The first-order chi connectivity index (χ1) is 7.90. The van der Waals surface area contributed by atoms with Crippen LogP contribution in [0, 0.1) is 11.3 Å². The standard InChI is InChI=1S/C10H10Cl2N2O2S/c1-2-8(6-13)14-17(15,16)10-5-7(11)3-4-9(10)12/h3-5,8,14H,2H2,1H3. The molecule has 1 rings (SSSR count). The largest absolute Gasteiger partial charge is 0.243 e. The van der Waals surface area contributed by atoms with E-state index in [9.17, 15) is 8.42 Å². The number of halogens is 2. The summed E-state index contributed by atoms with van der Waals surface area (Å²) < 4.78 is 26.1. The van der Waals surface area contributed by atoms with Gasteiger partial charge in [-0.05, 0) is 24.6 Å². The van der Waals surface area contributed by atoms with E-state index in [0.717, 1.165) is 0 Å². The Labute approximate surface area is 110 Å². The molecule has 0 bridgehead atoms. The SMILES string of the molecule is CCC(C#N)NS(=O)(=O)c1cc(Cl)ccc1Cl. The lowest BCUT2D eigenvalue weighted by atomic mass is 10.3. The normalized spacial score (nSPS) is 13.1. The molecule has 4 nitrogen and oxygen atoms in total. The Kier molecular flexibility index (Phi) is 4.78. The molecule has 17 heavy (non-hydrogen) atoms. The zero-order valence-electron chi connectivity index (χ0n) is 8.94. The molecule has 1 aromatic carbocycles. The van der Waals surface area contributed by atoms with Crippen molar-refractivity contribution >= 4 is 33.2 Å². The van der Waals surface area contributed by atoms with Crippen LogP contribution >= 0.6 is 23.2 Å². The van der Waals surface area contributed by atoms with Crippen molar-refractivity contribution in [3.05, 3.63) is 28.2 Å². The Morgan fingerprint density at radius 1 is 1.47 bits per heavy atom. The third-order valence-corrected chi connectivity index (χ3v) is 4.23. The van der Waals surface area contributed by atoms with E-state index >= 15 is 0 Å². The number of hydrogen-bond acceptors (Lipinski definition) is 3. The smallest absolute Gasteiger partial charge is 0.207 e. The molecule has 1 N–H and O–H groups in total. The van der Waals surface area contributed by atoms with E-state index in [4.69, 9.17) is 28.5 Å². The second-order valence-electron chi connectivity index (χ2n) is 3.29. The molecule has 0 aliphatic rings. The van der Waals surface area contributed by atoms with Crippen molar-refractivity contribution in [3.63, 3.8) is 0 Å². The van der Waals surface area contributed by atoms with Gasteiger partial charge >= 0.3 is 0 Å². The van der Waals surface area contributed by atoms with Gasteiger partial charge in [-0.3, -0.25) is 0 Å². The summed E-state index contributed by atoms with van der Waals surface area (Å²) in [5.74, 6) is 0. The fourth-order valence-electron chi connectivity index (χ4n) is 1.13. The summed E-state index contributed by atoms with van der Waals surface area (Å²) in [7, 11) is -3.83. The highest BCUT2D eigenvalue weighted by Gasteiger charge is 2.21. The molecule has 1 atom stereocenters. The number of hydrogen-bond donors (Lipinski definition) is 1. The Hall–Kier alpha value is -0.800. The van der Waals surface area contributed by atoms with E-state index in [-0.39, 0.29) is 14.9 Å². The maximum atomic E-state index is 11.9. The number of nitrogens with zero attached hydrogens (tertiary/aromatic N) is 1. The van der Waals surface area contributed by atoms with Gasteiger partial charge < -0.3 is 0 Å². The molecule has 0 saturated heterocycles. The van der Waals surface area contributed by atoms with Gasteiger partial charge in [0, 0.05) is 5.02 Å². The number of nitrogens with one attached hydrogen (secondary N) is 1. The summed E-state index contributed by atoms with van der Waals surface area (Å²) in [4.78, 5) is -0.125. The summed E-state index contributed by atoms with van der Waals surface area (Å²) in [5, 5.41) is 9.05. The van der Waals surface area contributed by atoms with E-state index in [1.165, 1.54) is 18.2 Å². The van der Waals surface area contributed by atoms with E-state index in [0.29, 0.717) is 6.42 Å². The molecule has 0 aliphatic heterocycles. The predicted molar refractivity (Wildman–Crippen MR) is 66.5 cm³/mol. The highest BCUT2D eigenvalue weighted by Crippen LogP contribution is 2.25. The quantitative estimate of drug-likeness (QED) is 0.927. The Bertz CT molecular complexity index is 552. The molecule has 7 heteroatoms. The zero-order valence-corrected chi connectivity index (χ0v) is 11.3. The minimum Gasteiger partial charge on any atom is -0.207 e. The molecular weight excluding hydrogens is 283 g/mol. The van der Waals surface area contributed by atoms with Crippen LogP contribution in [0.25, 0.3) is 0 Å². The van der Waals surface area contributed by atoms with Gasteiger partial charge in [-0.2, -0.15) is 9.98 Å². The molecule has 0 radical (unpaired) electrons. The average Bonchev–Trinajstić information content (AvgIpc) is 2.29. The summed E-state index contributed by atoms with van der Waals surface area (Å²) >= 11 is 11.5. The molecule has 0 saturated carbocycles. The van der Waals surface area contributed by atoms with Crippen LogP contribution in [0.4, 0.5) is 0 Å². The maximum Gasteiger partial charge on any atom is 0.243 e. The highest BCUT2D eigenvalue weighted by atomic mass is 35.5. The lowest BCUT2D eigenvalue weighted by Gasteiger charge is -2.11. The molecule has 1 unspecified atom stereocenters. The van der Waals surface area contributed by atoms with Crippen molar-refractivity contribution in [2.75, 3.05) is 0 Å². The Morgan fingerprint density at radius 3 is 2.65 bits per heavy atom. The van der Waals surface area contributed by atoms with Crippen LogP contribution in [0.2, 0.25) is 10.0 Å². The van der Waals surface area contributed by atoms with E-state index in [1.54, 1.807) is 6.92 Å². The summed E-state index contributed by atoms with van der Waals surface area (Å²) in [6.45, 7) is 1.70. The minimum atomic E-state index is -3.83. The molecule has 0 aliphatic carbocycles. The van der Waals surface area contributed by atoms with Gasteiger partial charge in [-0.1, -0.05) is 30.1 Å². The van der Waals surface area contributed by atoms with Gasteiger partial charge in [0.05, 0.1) is 11.1 Å². The first kappa shape index (κ1) is 14.3. The molecule has 0 heterocycles. The summed E-state index contributed by atoms with van der Waals surface area (Å²) in [5.41, 5.74) is 0. The lowest BCUT2D eigenvalue weighted by Crippen LogP contribution is -2.33. The second kappa shape index (κ2) is 5.69. The highest BCUT2D eigenvalue weighted by molar-refractivity contribution is 7.89. The molecule has 0 fully saturated rings. The van der Waals surface area contributed by atoms with Gasteiger partial charge in [0.2, 0.25) is 10.0 Å². The summed E-state index contributed by atoms with van der Waals surface area (Å²) in [6, 6.07) is 5.19. The zero-order chi connectivity index (χ0) is 13.1. The van der Waals surface area contributed by atoms with Gasteiger partial charge in [0.15, 0.2) is 0 Å². The molecule has 92 valence electrons. The Balaban J connectivity index is 3.14. The first-order valence-corrected chi connectivity index (χ1v) is 7.01. The monoisotopic (exact) mass is 292 g/mol. The second-order valence-corrected chi connectivity index (χ2v) is 5.81. The molecule has 1 aromatic rings. The molecule has 0 aromatic heterocycles. The Morgan fingerprint density at radius 2 is 2.12 bits per heavy atom. The third-order valence-electron chi connectivity index (χ3n) is 2.04. The van der Waals surface area contributed by atoms with Crippen molar-refractivity contribution in [2.45, 2.75) is 24.3 Å². The van der Waals surface area contributed by atoms with Crippen LogP contribution < -0.4 is 4.72 Å². The van der Waals surface area contributed by atoms with Crippen LogP contribution in [0.3, 0.4) is 0 Å². The summed E-state index contributed by atoms with van der Waals surface area (Å²) in [6.07, 6.45) is 0.369. The van der Waals surface area contributed by atoms with Crippen LogP contribution in [0.1, 0.15) is 13.3 Å². The van der Waals surface area contributed by atoms with Crippen molar-refractivity contribution in [1.82, 2.24) is 4.72 Å². The van der Waals surface area contributed by atoms with Crippen LogP contribution in [-0.4, -0.2) is 14.5 Å². The predicted octanol–water partition coefficient (Wildman–Crippen LogP) is 2.57. The number of rotatable bonds is 4. The van der Waals surface area contributed by atoms with E-state index in [2.05, 4.69) is 4.72 Å². The number of benzene rings is 1. The van der Waals surface area contributed by atoms with Gasteiger partial charge in [0.1, 0.15) is 10.9 Å².